The monoisotopic (exact) mass is 337 g/mol. The summed E-state index contributed by atoms with van der Waals surface area (Å²) < 4.78 is 37.9. The highest BCUT2D eigenvalue weighted by molar-refractivity contribution is 6.33. The topological polar surface area (TPSA) is 39.6 Å². The molecular formula is C14H19ClF3N3O. The Labute approximate surface area is 132 Å². The molecule has 1 saturated heterocycles. The SMILES string of the molecule is OCCCN1CCCN(c2ncc(C(F)(F)F)cc2Cl)CC1. The number of aromatic nitrogens is 1. The minimum Gasteiger partial charge on any atom is -0.396 e. The second kappa shape index (κ2) is 7.48. The predicted octanol–water partition coefficient (Wildman–Crippen LogP) is 2.65. The van der Waals surface area contributed by atoms with Crippen LogP contribution in [-0.2, 0) is 6.18 Å². The predicted molar refractivity (Wildman–Crippen MR) is 79.2 cm³/mol. The van der Waals surface area contributed by atoms with Crippen molar-refractivity contribution in [2.24, 2.45) is 0 Å². The van der Waals surface area contributed by atoms with Crippen molar-refractivity contribution in [2.75, 3.05) is 44.2 Å². The van der Waals surface area contributed by atoms with Crippen molar-refractivity contribution in [1.82, 2.24) is 9.88 Å². The van der Waals surface area contributed by atoms with Crippen LogP contribution in [0.5, 0.6) is 0 Å². The lowest BCUT2D eigenvalue weighted by atomic mass is 10.2. The summed E-state index contributed by atoms with van der Waals surface area (Å²) in [5.74, 6) is 0.402. The van der Waals surface area contributed by atoms with Crippen LogP contribution in [0.1, 0.15) is 18.4 Å². The van der Waals surface area contributed by atoms with Crippen LogP contribution in [0.3, 0.4) is 0 Å². The average Bonchev–Trinajstić information content (AvgIpc) is 2.69. The molecule has 4 nitrogen and oxygen atoms in total. The number of rotatable bonds is 4. The van der Waals surface area contributed by atoms with Gasteiger partial charge in [-0.05, 0) is 25.5 Å². The largest absolute Gasteiger partial charge is 0.417 e. The van der Waals surface area contributed by atoms with Crippen LogP contribution in [0.4, 0.5) is 19.0 Å². The molecule has 124 valence electrons. The minimum absolute atomic E-state index is 0.0265. The molecule has 0 unspecified atom stereocenters. The van der Waals surface area contributed by atoms with Crippen molar-refractivity contribution < 1.29 is 18.3 Å². The lowest BCUT2D eigenvalue weighted by Gasteiger charge is -2.23. The van der Waals surface area contributed by atoms with Gasteiger partial charge in [-0.3, -0.25) is 0 Å². The van der Waals surface area contributed by atoms with Gasteiger partial charge in [-0.15, -0.1) is 0 Å². The molecule has 1 fully saturated rings. The van der Waals surface area contributed by atoms with Gasteiger partial charge in [0.05, 0.1) is 10.6 Å². The van der Waals surface area contributed by atoms with Crippen LogP contribution in [0.2, 0.25) is 5.02 Å². The molecule has 0 bridgehead atoms. The maximum Gasteiger partial charge on any atom is 0.417 e. The van der Waals surface area contributed by atoms with E-state index in [2.05, 4.69) is 9.88 Å². The summed E-state index contributed by atoms with van der Waals surface area (Å²) in [5.41, 5.74) is -0.833. The van der Waals surface area contributed by atoms with E-state index in [4.69, 9.17) is 16.7 Å². The maximum atomic E-state index is 12.6. The van der Waals surface area contributed by atoms with Crippen molar-refractivity contribution in [3.05, 3.63) is 22.8 Å². The van der Waals surface area contributed by atoms with Gasteiger partial charge in [0.2, 0.25) is 0 Å². The Morgan fingerprint density at radius 1 is 1.23 bits per heavy atom. The molecule has 2 rings (SSSR count). The number of hydrogen-bond donors (Lipinski definition) is 1. The molecule has 1 aromatic rings. The van der Waals surface area contributed by atoms with E-state index in [-0.39, 0.29) is 11.6 Å². The molecule has 0 aromatic carbocycles. The van der Waals surface area contributed by atoms with Crippen LogP contribution in [-0.4, -0.2) is 54.3 Å². The Morgan fingerprint density at radius 2 is 2.00 bits per heavy atom. The summed E-state index contributed by atoms with van der Waals surface area (Å²) in [4.78, 5) is 8.06. The average molecular weight is 338 g/mol. The van der Waals surface area contributed by atoms with Crippen molar-refractivity contribution in [2.45, 2.75) is 19.0 Å². The van der Waals surface area contributed by atoms with Gasteiger partial charge >= 0.3 is 6.18 Å². The quantitative estimate of drug-likeness (QED) is 0.917. The van der Waals surface area contributed by atoms with Gasteiger partial charge in [0.1, 0.15) is 5.82 Å². The molecule has 1 aromatic heterocycles. The lowest BCUT2D eigenvalue weighted by Crippen LogP contribution is -2.32. The Hall–Kier alpha value is -1.05. The van der Waals surface area contributed by atoms with Gasteiger partial charge in [0.25, 0.3) is 0 Å². The Kier molecular flexibility index (Phi) is 5.88. The maximum absolute atomic E-state index is 12.6. The van der Waals surface area contributed by atoms with E-state index in [1.807, 2.05) is 4.90 Å². The van der Waals surface area contributed by atoms with E-state index < -0.39 is 11.7 Å². The Morgan fingerprint density at radius 3 is 2.64 bits per heavy atom. The summed E-state index contributed by atoms with van der Waals surface area (Å²) in [7, 11) is 0. The van der Waals surface area contributed by atoms with Gasteiger partial charge in [-0.25, -0.2) is 4.98 Å². The smallest absolute Gasteiger partial charge is 0.396 e. The van der Waals surface area contributed by atoms with Crippen LogP contribution in [0.25, 0.3) is 0 Å². The Bertz CT molecular complexity index is 499. The number of nitrogens with zero attached hydrogens (tertiary/aromatic N) is 3. The number of halogens is 4. The van der Waals surface area contributed by atoms with E-state index in [0.29, 0.717) is 18.9 Å². The third-order valence-corrected chi connectivity index (χ3v) is 3.95. The molecule has 0 radical (unpaired) electrons. The first kappa shape index (κ1) is 17.3. The van der Waals surface area contributed by atoms with E-state index in [1.165, 1.54) is 0 Å². The molecule has 1 aliphatic heterocycles. The number of anilines is 1. The molecule has 0 saturated carbocycles. The normalized spacial score (nSPS) is 17.6. The van der Waals surface area contributed by atoms with Crippen LogP contribution in [0, 0.1) is 0 Å². The lowest BCUT2D eigenvalue weighted by molar-refractivity contribution is -0.137. The first-order chi connectivity index (χ1) is 10.4. The summed E-state index contributed by atoms with van der Waals surface area (Å²) in [6, 6.07) is 0.929. The molecule has 0 amide bonds. The van der Waals surface area contributed by atoms with Gasteiger partial charge in [-0.2, -0.15) is 13.2 Å². The van der Waals surface area contributed by atoms with Crippen molar-refractivity contribution in [3.63, 3.8) is 0 Å². The first-order valence-corrected chi connectivity index (χ1v) is 7.60. The van der Waals surface area contributed by atoms with E-state index in [1.54, 1.807) is 0 Å². The molecule has 1 N–H and O–H groups in total. The molecule has 22 heavy (non-hydrogen) atoms. The fourth-order valence-corrected chi connectivity index (χ4v) is 2.80. The fraction of sp³-hybridized carbons (Fsp3) is 0.643. The number of hydrogen-bond acceptors (Lipinski definition) is 4. The second-order valence-electron chi connectivity index (χ2n) is 5.29. The van der Waals surface area contributed by atoms with Crippen LogP contribution in [0.15, 0.2) is 12.3 Å². The van der Waals surface area contributed by atoms with Gasteiger partial charge < -0.3 is 14.9 Å². The number of pyridine rings is 1. The highest BCUT2D eigenvalue weighted by Crippen LogP contribution is 2.33. The molecular weight excluding hydrogens is 319 g/mol. The van der Waals surface area contributed by atoms with Crippen molar-refractivity contribution in [3.8, 4) is 0 Å². The third kappa shape index (κ3) is 4.47. The van der Waals surface area contributed by atoms with E-state index in [9.17, 15) is 13.2 Å². The fourth-order valence-electron chi connectivity index (χ4n) is 2.52. The minimum atomic E-state index is -4.44. The molecule has 0 spiro atoms. The summed E-state index contributed by atoms with van der Waals surface area (Å²) in [5, 5.41) is 8.90. The van der Waals surface area contributed by atoms with Crippen LogP contribution < -0.4 is 4.90 Å². The van der Waals surface area contributed by atoms with E-state index in [0.717, 1.165) is 44.7 Å². The van der Waals surface area contributed by atoms with E-state index >= 15 is 0 Å². The van der Waals surface area contributed by atoms with Crippen molar-refractivity contribution in [1.29, 1.82) is 0 Å². The van der Waals surface area contributed by atoms with Gasteiger partial charge in [0.15, 0.2) is 0 Å². The van der Waals surface area contributed by atoms with Crippen molar-refractivity contribution >= 4 is 17.4 Å². The van der Waals surface area contributed by atoms with Gasteiger partial charge in [0, 0.05) is 39.0 Å². The summed E-state index contributed by atoms with van der Waals surface area (Å²) >= 11 is 5.99. The molecule has 1 aliphatic rings. The molecule has 0 aliphatic carbocycles. The molecule has 8 heteroatoms. The molecule has 2 heterocycles. The number of aliphatic hydroxyl groups is 1. The second-order valence-corrected chi connectivity index (χ2v) is 5.69. The summed E-state index contributed by atoms with van der Waals surface area (Å²) in [6.45, 7) is 4.01. The highest BCUT2D eigenvalue weighted by atomic mass is 35.5. The third-order valence-electron chi connectivity index (χ3n) is 3.67. The summed E-state index contributed by atoms with van der Waals surface area (Å²) in [6.07, 6.45) is -2.01. The highest BCUT2D eigenvalue weighted by Gasteiger charge is 2.32. The zero-order chi connectivity index (χ0) is 16.2. The molecule has 0 atom stereocenters. The standard InChI is InChI=1S/C14H19ClF3N3O/c15-12-9-11(14(16,17)18)10-19-13(12)21-5-1-3-20(6-7-21)4-2-8-22/h9-10,22H,1-8H2. The first-order valence-electron chi connectivity index (χ1n) is 7.22. The van der Waals surface area contributed by atoms with Crippen LogP contribution >= 0.6 is 11.6 Å². The Balaban J connectivity index is 2.05. The van der Waals surface area contributed by atoms with Gasteiger partial charge in [-0.1, -0.05) is 11.6 Å². The zero-order valence-corrected chi connectivity index (χ0v) is 12.9. The number of aliphatic hydroxyl groups excluding tert-OH is 1. The zero-order valence-electron chi connectivity index (χ0n) is 12.1. The number of alkyl halides is 3.